The molecule has 0 saturated heterocycles. The summed E-state index contributed by atoms with van der Waals surface area (Å²) in [6, 6.07) is 1.60. The quantitative estimate of drug-likeness (QED) is 0.846. The molecule has 21 heavy (non-hydrogen) atoms. The molecule has 3 N–H and O–H groups in total. The van der Waals surface area contributed by atoms with Gasteiger partial charge in [-0.3, -0.25) is 9.40 Å². The fourth-order valence-corrected chi connectivity index (χ4v) is 2.81. The predicted octanol–water partition coefficient (Wildman–Crippen LogP) is 2.13. The highest BCUT2D eigenvalue weighted by atomic mass is 32.2. The second-order valence-corrected chi connectivity index (χ2v) is 6.37. The van der Waals surface area contributed by atoms with Crippen LogP contribution in [0.4, 0.5) is 20.2 Å². The summed E-state index contributed by atoms with van der Waals surface area (Å²) in [5.74, 6) is -2.80. The number of aromatic nitrogens is 2. The Morgan fingerprint density at radius 1 is 1.33 bits per heavy atom. The summed E-state index contributed by atoms with van der Waals surface area (Å²) in [7, 11) is -4.30. The molecular formula is C12H14F2N4O2S. The molecule has 1 aromatic heterocycles. The number of halogens is 2. The maximum atomic E-state index is 13.6. The molecule has 6 nitrogen and oxygen atoms in total. The highest BCUT2D eigenvalue weighted by Gasteiger charge is 2.23. The summed E-state index contributed by atoms with van der Waals surface area (Å²) >= 11 is 0. The lowest BCUT2D eigenvalue weighted by molar-refractivity contribution is 0.486. The van der Waals surface area contributed by atoms with E-state index in [9.17, 15) is 17.2 Å². The van der Waals surface area contributed by atoms with Gasteiger partial charge in [-0.15, -0.1) is 0 Å². The third kappa shape index (κ3) is 3.13. The number of nitrogens with one attached hydrogen (secondary N) is 1. The van der Waals surface area contributed by atoms with E-state index in [0.717, 1.165) is 6.07 Å². The van der Waals surface area contributed by atoms with Gasteiger partial charge in [-0.05, 0) is 26.0 Å². The topological polar surface area (TPSA) is 90.0 Å². The van der Waals surface area contributed by atoms with Crippen LogP contribution in [0.3, 0.4) is 0 Å². The van der Waals surface area contributed by atoms with Crippen LogP contribution in [0, 0.1) is 11.6 Å². The zero-order valence-electron chi connectivity index (χ0n) is 11.3. The molecular weight excluding hydrogens is 302 g/mol. The Kier molecular flexibility index (Phi) is 3.86. The second-order valence-electron chi connectivity index (χ2n) is 4.72. The van der Waals surface area contributed by atoms with Crippen molar-refractivity contribution in [1.29, 1.82) is 0 Å². The molecule has 9 heteroatoms. The van der Waals surface area contributed by atoms with Crippen LogP contribution in [-0.4, -0.2) is 18.2 Å². The van der Waals surface area contributed by atoms with Gasteiger partial charge in [0.25, 0.3) is 10.0 Å². The third-order valence-electron chi connectivity index (χ3n) is 2.69. The summed E-state index contributed by atoms with van der Waals surface area (Å²) in [5, 5.41) is 3.95. The van der Waals surface area contributed by atoms with Crippen LogP contribution in [0.25, 0.3) is 0 Å². The fraction of sp³-hybridized carbons (Fsp3) is 0.250. The molecule has 0 spiro atoms. The van der Waals surface area contributed by atoms with Crippen molar-refractivity contribution in [3.8, 4) is 0 Å². The van der Waals surface area contributed by atoms with E-state index >= 15 is 0 Å². The van der Waals surface area contributed by atoms with Gasteiger partial charge in [-0.2, -0.15) is 5.10 Å². The number of nitrogens with zero attached hydrogens (tertiary/aromatic N) is 2. The molecule has 2 aromatic rings. The number of anilines is 2. The summed E-state index contributed by atoms with van der Waals surface area (Å²) < 4.78 is 54.7. The molecule has 0 aliphatic heterocycles. The predicted molar refractivity (Wildman–Crippen MR) is 74.2 cm³/mol. The number of sulfonamides is 1. The minimum Gasteiger partial charge on any atom is -0.399 e. The van der Waals surface area contributed by atoms with Crippen molar-refractivity contribution in [2.24, 2.45) is 0 Å². The first-order valence-electron chi connectivity index (χ1n) is 6.02. The second kappa shape index (κ2) is 5.32. The van der Waals surface area contributed by atoms with Gasteiger partial charge in [0, 0.05) is 17.9 Å². The molecule has 0 bridgehead atoms. The van der Waals surface area contributed by atoms with Crippen molar-refractivity contribution >= 4 is 21.4 Å². The Hall–Kier alpha value is -2.16. The molecule has 0 aliphatic rings. The first-order chi connectivity index (χ1) is 9.70. The van der Waals surface area contributed by atoms with Crippen molar-refractivity contribution in [2.45, 2.75) is 24.8 Å². The van der Waals surface area contributed by atoms with Gasteiger partial charge in [0.1, 0.15) is 4.90 Å². The molecule has 0 aliphatic carbocycles. The zero-order valence-corrected chi connectivity index (χ0v) is 12.2. The van der Waals surface area contributed by atoms with Crippen LogP contribution >= 0.6 is 0 Å². The van der Waals surface area contributed by atoms with E-state index in [-0.39, 0.29) is 17.4 Å². The number of benzene rings is 1. The highest BCUT2D eigenvalue weighted by Crippen LogP contribution is 2.23. The van der Waals surface area contributed by atoms with Gasteiger partial charge < -0.3 is 5.73 Å². The average molecular weight is 316 g/mol. The summed E-state index contributed by atoms with van der Waals surface area (Å²) in [6.07, 6.45) is 2.72. The van der Waals surface area contributed by atoms with E-state index in [4.69, 9.17) is 5.73 Å². The van der Waals surface area contributed by atoms with Crippen molar-refractivity contribution < 1.29 is 17.2 Å². The Morgan fingerprint density at radius 3 is 2.57 bits per heavy atom. The van der Waals surface area contributed by atoms with Gasteiger partial charge in [0.15, 0.2) is 11.6 Å². The van der Waals surface area contributed by atoms with E-state index in [1.165, 1.54) is 17.1 Å². The smallest absolute Gasteiger partial charge is 0.265 e. The van der Waals surface area contributed by atoms with E-state index < -0.39 is 26.6 Å². The number of hydrogen-bond donors (Lipinski definition) is 2. The Morgan fingerprint density at radius 2 is 2.00 bits per heavy atom. The fourth-order valence-electron chi connectivity index (χ4n) is 1.66. The van der Waals surface area contributed by atoms with Gasteiger partial charge in [-0.25, -0.2) is 17.2 Å². The van der Waals surface area contributed by atoms with E-state index in [1.54, 1.807) is 0 Å². The third-order valence-corrected chi connectivity index (χ3v) is 4.07. The normalized spacial score (nSPS) is 11.9. The van der Waals surface area contributed by atoms with Gasteiger partial charge in [0.05, 0.1) is 11.9 Å². The zero-order chi connectivity index (χ0) is 15.8. The monoisotopic (exact) mass is 316 g/mol. The van der Waals surface area contributed by atoms with Crippen LogP contribution in [0.15, 0.2) is 29.4 Å². The lowest BCUT2D eigenvalue weighted by atomic mass is 10.3. The first-order valence-corrected chi connectivity index (χ1v) is 7.50. The molecule has 0 amide bonds. The molecule has 0 fully saturated rings. The first kappa shape index (κ1) is 15.2. The van der Waals surface area contributed by atoms with Crippen LogP contribution in [-0.2, 0) is 10.0 Å². The van der Waals surface area contributed by atoms with Crippen molar-refractivity contribution in [2.75, 3.05) is 10.5 Å². The minimum atomic E-state index is -4.30. The Bertz CT molecular complexity index is 772. The molecule has 0 unspecified atom stereocenters. The number of nitrogen functional groups attached to an aromatic ring is 1. The van der Waals surface area contributed by atoms with Gasteiger partial charge in [-0.1, -0.05) is 0 Å². The lowest BCUT2D eigenvalue weighted by Crippen LogP contribution is -2.15. The highest BCUT2D eigenvalue weighted by molar-refractivity contribution is 7.92. The van der Waals surface area contributed by atoms with Crippen LogP contribution in [0.2, 0.25) is 0 Å². The molecule has 1 aromatic carbocycles. The summed E-state index contributed by atoms with van der Waals surface area (Å²) in [5.41, 5.74) is 5.30. The largest absolute Gasteiger partial charge is 0.399 e. The standard InChI is InChI=1S/C12H14F2N4O2S/c1-7(2)18-6-9(5-16-18)17-21(19,20)11-4-8(15)3-10(13)12(11)14/h3-7,17H,15H2,1-2H3. The van der Waals surface area contributed by atoms with Crippen LogP contribution in [0.5, 0.6) is 0 Å². The maximum Gasteiger partial charge on any atom is 0.265 e. The lowest BCUT2D eigenvalue weighted by Gasteiger charge is -2.08. The van der Waals surface area contributed by atoms with E-state index in [0.29, 0.717) is 6.07 Å². The van der Waals surface area contributed by atoms with Crippen LogP contribution < -0.4 is 10.5 Å². The SMILES string of the molecule is CC(C)n1cc(NS(=O)(=O)c2cc(N)cc(F)c2F)cn1. The van der Waals surface area contributed by atoms with E-state index in [1.807, 2.05) is 13.8 Å². The summed E-state index contributed by atoms with van der Waals surface area (Å²) in [6.45, 7) is 3.72. The maximum absolute atomic E-state index is 13.6. The molecule has 0 saturated carbocycles. The average Bonchev–Trinajstić information content (AvgIpc) is 2.81. The van der Waals surface area contributed by atoms with E-state index in [2.05, 4.69) is 9.82 Å². The summed E-state index contributed by atoms with van der Waals surface area (Å²) in [4.78, 5) is -0.850. The minimum absolute atomic E-state index is 0.0322. The Labute approximate surface area is 120 Å². The molecule has 114 valence electrons. The van der Waals surface area contributed by atoms with Gasteiger partial charge >= 0.3 is 0 Å². The van der Waals surface area contributed by atoms with Gasteiger partial charge in [0.2, 0.25) is 0 Å². The Balaban J connectivity index is 2.38. The molecule has 0 radical (unpaired) electrons. The number of rotatable bonds is 4. The van der Waals surface area contributed by atoms with Crippen molar-refractivity contribution in [3.05, 3.63) is 36.2 Å². The molecule has 2 rings (SSSR count). The van der Waals surface area contributed by atoms with Crippen molar-refractivity contribution in [3.63, 3.8) is 0 Å². The number of hydrogen-bond acceptors (Lipinski definition) is 4. The van der Waals surface area contributed by atoms with Crippen molar-refractivity contribution in [1.82, 2.24) is 9.78 Å². The molecule has 0 atom stereocenters. The van der Waals surface area contributed by atoms with Crippen LogP contribution in [0.1, 0.15) is 19.9 Å². The molecule has 1 heterocycles. The number of nitrogens with two attached hydrogens (primary N) is 1.